The van der Waals surface area contributed by atoms with E-state index in [0.29, 0.717) is 28.2 Å². The number of nitrogen functional groups attached to an aromatic ring is 1. The molecule has 5 heteroatoms. The number of aromatic nitrogens is 2. The summed E-state index contributed by atoms with van der Waals surface area (Å²) >= 11 is 0. The van der Waals surface area contributed by atoms with Crippen molar-refractivity contribution in [1.29, 1.82) is 0 Å². The zero-order valence-electron chi connectivity index (χ0n) is 11.0. The molecule has 0 bridgehead atoms. The Hall–Kier alpha value is -2.40. The van der Waals surface area contributed by atoms with Gasteiger partial charge in [0.2, 0.25) is 0 Å². The summed E-state index contributed by atoms with van der Waals surface area (Å²) in [5.41, 5.74) is 8.86. The van der Waals surface area contributed by atoms with E-state index in [1.165, 1.54) is 6.07 Å². The second-order valence-electron chi connectivity index (χ2n) is 4.72. The third kappa shape index (κ3) is 1.92. The SMILES string of the molecule is Cc1ccc(-n2c(CO)nc3cc(N)ccc32)c(F)c1. The lowest BCUT2D eigenvalue weighted by atomic mass is 10.2. The van der Waals surface area contributed by atoms with Crippen LogP contribution >= 0.6 is 0 Å². The summed E-state index contributed by atoms with van der Waals surface area (Å²) < 4.78 is 15.8. The van der Waals surface area contributed by atoms with Gasteiger partial charge in [-0.05, 0) is 42.8 Å². The largest absolute Gasteiger partial charge is 0.399 e. The zero-order chi connectivity index (χ0) is 14.3. The number of anilines is 1. The van der Waals surface area contributed by atoms with Crippen LogP contribution in [0.3, 0.4) is 0 Å². The predicted octanol–water partition coefficient (Wildman–Crippen LogP) is 2.55. The van der Waals surface area contributed by atoms with Crippen molar-refractivity contribution in [2.75, 3.05) is 5.73 Å². The zero-order valence-corrected chi connectivity index (χ0v) is 11.0. The average molecular weight is 271 g/mol. The highest BCUT2D eigenvalue weighted by atomic mass is 19.1. The molecule has 0 aliphatic carbocycles. The van der Waals surface area contributed by atoms with Crippen LogP contribution in [0, 0.1) is 12.7 Å². The number of aliphatic hydroxyl groups excluding tert-OH is 1. The van der Waals surface area contributed by atoms with E-state index < -0.39 is 0 Å². The molecule has 1 aromatic heterocycles. The number of hydrogen-bond donors (Lipinski definition) is 2. The number of aryl methyl sites for hydroxylation is 1. The number of halogens is 1. The highest BCUT2D eigenvalue weighted by molar-refractivity contribution is 5.81. The van der Waals surface area contributed by atoms with Crippen LogP contribution in [-0.2, 0) is 6.61 Å². The first-order valence-electron chi connectivity index (χ1n) is 6.24. The summed E-state index contributed by atoms with van der Waals surface area (Å²) in [5.74, 6) is 0.0316. The van der Waals surface area contributed by atoms with Crippen LogP contribution in [0.5, 0.6) is 0 Å². The van der Waals surface area contributed by atoms with Gasteiger partial charge in [0.1, 0.15) is 18.2 Å². The minimum Gasteiger partial charge on any atom is -0.399 e. The van der Waals surface area contributed by atoms with Gasteiger partial charge < -0.3 is 10.8 Å². The molecule has 102 valence electrons. The van der Waals surface area contributed by atoms with Crippen molar-refractivity contribution in [2.45, 2.75) is 13.5 Å². The van der Waals surface area contributed by atoms with Gasteiger partial charge in [-0.2, -0.15) is 0 Å². The molecule has 0 saturated heterocycles. The van der Waals surface area contributed by atoms with Crippen LogP contribution in [0.4, 0.5) is 10.1 Å². The summed E-state index contributed by atoms with van der Waals surface area (Å²) in [6.45, 7) is 1.55. The van der Waals surface area contributed by atoms with E-state index in [0.717, 1.165) is 5.56 Å². The summed E-state index contributed by atoms with van der Waals surface area (Å²) in [5, 5.41) is 9.46. The summed E-state index contributed by atoms with van der Waals surface area (Å²) in [7, 11) is 0. The molecular formula is C15H14FN3O. The van der Waals surface area contributed by atoms with Crippen molar-refractivity contribution in [3.63, 3.8) is 0 Å². The van der Waals surface area contributed by atoms with Gasteiger partial charge in [-0.25, -0.2) is 9.37 Å². The molecule has 3 aromatic rings. The van der Waals surface area contributed by atoms with E-state index in [4.69, 9.17) is 5.73 Å². The van der Waals surface area contributed by atoms with E-state index >= 15 is 0 Å². The molecule has 0 aliphatic heterocycles. The number of aliphatic hydroxyl groups is 1. The van der Waals surface area contributed by atoms with Gasteiger partial charge >= 0.3 is 0 Å². The van der Waals surface area contributed by atoms with Gasteiger partial charge in [-0.15, -0.1) is 0 Å². The van der Waals surface area contributed by atoms with E-state index in [2.05, 4.69) is 4.98 Å². The molecule has 2 aromatic carbocycles. The Morgan fingerprint density at radius 2 is 2.05 bits per heavy atom. The van der Waals surface area contributed by atoms with E-state index in [9.17, 15) is 9.50 Å². The Bertz CT molecular complexity index is 795. The minimum absolute atomic E-state index is 0.276. The lowest BCUT2D eigenvalue weighted by molar-refractivity contribution is 0.270. The Labute approximate surface area is 115 Å². The lowest BCUT2D eigenvalue weighted by Gasteiger charge is -2.09. The fourth-order valence-corrected chi connectivity index (χ4v) is 2.32. The van der Waals surface area contributed by atoms with Crippen LogP contribution in [-0.4, -0.2) is 14.7 Å². The first kappa shape index (κ1) is 12.6. The second kappa shape index (κ2) is 4.61. The van der Waals surface area contributed by atoms with Crippen molar-refractivity contribution in [1.82, 2.24) is 9.55 Å². The van der Waals surface area contributed by atoms with Crippen LogP contribution < -0.4 is 5.73 Å². The standard InChI is InChI=1S/C15H14FN3O/c1-9-2-4-13(11(16)6-9)19-14-5-3-10(17)7-12(14)18-15(19)8-20/h2-7,20H,8,17H2,1H3. The van der Waals surface area contributed by atoms with Crippen LogP contribution in [0.1, 0.15) is 11.4 Å². The highest BCUT2D eigenvalue weighted by Crippen LogP contribution is 2.25. The Morgan fingerprint density at radius 3 is 2.75 bits per heavy atom. The molecule has 0 saturated carbocycles. The number of nitrogens with zero attached hydrogens (tertiary/aromatic N) is 2. The summed E-state index contributed by atoms with van der Waals surface area (Å²) in [6.07, 6.45) is 0. The smallest absolute Gasteiger partial charge is 0.147 e. The number of rotatable bonds is 2. The predicted molar refractivity (Wildman–Crippen MR) is 76.1 cm³/mol. The molecule has 3 rings (SSSR count). The monoisotopic (exact) mass is 271 g/mol. The molecule has 0 radical (unpaired) electrons. The minimum atomic E-state index is -0.351. The number of fused-ring (bicyclic) bond motifs is 1. The fraction of sp³-hybridized carbons (Fsp3) is 0.133. The Morgan fingerprint density at radius 1 is 1.25 bits per heavy atom. The molecule has 4 nitrogen and oxygen atoms in total. The van der Waals surface area contributed by atoms with Crippen LogP contribution in [0.25, 0.3) is 16.7 Å². The first-order valence-corrected chi connectivity index (χ1v) is 6.24. The van der Waals surface area contributed by atoms with Gasteiger partial charge in [-0.3, -0.25) is 4.57 Å². The Balaban J connectivity index is 2.34. The van der Waals surface area contributed by atoms with Crippen molar-refractivity contribution < 1.29 is 9.50 Å². The molecular weight excluding hydrogens is 257 g/mol. The average Bonchev–Trinajstić information content (AvgIpc) is 2.76. The van der Waals surface area contributed by atoms with Crippen molar-refractivity contribution in [2.24, 2.45) is 0 Å². The second-order valence-corrected chi connectivity index (χ2v) is 4.72. The summed E-state index contributed by atoms with van der Waals surface area (Å²) in [4.78, 5) is 4.30. The molecule has 0 fully saturated rings. The van der Waals surface area contributed by atoms with Crippen LogP contribution in [0.15, 0.2) is 36.4 Å². The molecule has 0 unspecified atom stereocenters. The fourth-order valence-electron chi connectivity index (χ4n) is 2.32. The highest BCUT2D eigenvalue weighted by Gasteiger charge is 2.14. The third-order valence-electron chi connectivity index (χ3n) is 3.23. The van der Waals surface area contributed by atoms with Crippen LogP contribution in [0.2, 0.25) is 0 Å². The third-order valence-corrected chi connectivity index (χ3v) is 3.23. The molecule has 0 amide bonds. The Kier molecular flexibility index (Phi) is 2.91. The maximum atomic E-state index is 14.2. The van der Waals surface area contributed by atoms with Crippen molar-refractivity contribution in [3.05, 3.63) is 53.6 Å². The van der Waals surface area contributed by atoms with E-state index in [1.54, 1.807) is 28.8 Å². The molecule has 3 N–H and O–H groups in total. The molecule has 0 atom stereocenters. The van der Waals surface area contributed by atoms with E-state index in [1.807, 2.05) is 13.0 Å². The van der Waals surface area contributed by atoms with Gasteiger partial charge in [0.05, 0.1) is 16.7 Å². The molecule has 20 heavy (non-hydrogen) atoms. The number of hydrogen-bond acceptors (Lipinski definition) is 3. The maximum absolute atomic E-state index is 14.2. The van der Waals surface area contributed by atoms with Gasteiger partial charge in [0, 0.05) is 5.69 Å². The normalized spacial score (nSPS) is 11.2. The summed E-state index contributed by atoms with van der Waals surface area (Å²) in [6, 6.07) is 10.2. The lowest BCUT2D eigenvalue weighted by Crippen LogP contribution is -2.03. The van der Waals surface area contributed by atoms with Crippen molar-refractivity contribution in [3.8, 4) is 5.69 Å². The number of nitrogens with two attached hydrogens (primary N) is 1. The van der Waals surface area contributed by atoms with Gasteiger partial charge in [-0.1, -0.05) is 6.07 Å². The van der Waals surface area contributed by atoms with E-state index in [-0.39, 0.29) is 12.4 Å². The molecule has 0 spiro atoms. The topological polar surface area (TPSA) is 64.1 Å². The molecule has 1 heterocycles. The number of imidazole rings is 1. The molecule has 0 aliphatic rings. The first-order chi connectivity index (χ1) is 9.60. The van der Waals surface area contributed by atoms with Crippen molar-refractivity contribution >= 4 is 16.7 Å². The maximum Gasteiger partial charge on any atom is 0.147 e. The van der Waals surface area contributed by atoms with Gasteiger partial charge in [0.25, 0.3) is 0 Å². The quantitative estimate of drug-likeness (QED) is 0.704. The van der Waals surface area contributed by atoms with Gasteiger partial charge in [0.15, 0.2) is 0 Å². The number of benzene rings is 2.